The third-order valence-corrected chi connectivity index (χ3v) is 1.32. The molecule has 0 unspecified atom stereocenters. The zero-order valence-electron chi connectivity index (χ0n) is 6.60. The molecule has 0 aromatic carbocycles. The lowest BCUT2D eigenvalue weighted by Crippen LogP contribution is -2.19. The summed E-state index contributed by atoms with van der Waals surface area (Å²) in [6.45, 7) is 6.57. The first-order valence-corrected chi connectivity index (χ1v) is 3.93. The van der Waals surface area contributed by atoms with Gasteiger partial charge in [-0.25, -0.2) is 0 Å². The highest BCUT2D eigenvalue weighted by atomic mass is 14.8. The van der Waals surface area contributed by atoms with Crippen molar-refractivity contribution in [2.24, 2.45) is 5.73 Å². The average Bonchev–Trinajstić information content (AvgIpc) is 1.97. The molecule has 10 heavy (non-hydrogen) atoms. The lowest BCUT2D eigenvalue weighted by atomic mass is 10.3. The van der Waals surface area contributed by atoms with Gasteiger partial charge in [0.05, 0.1) is 0 Å². The van der Waals surface area contributed by atoms with E-state index >= 15 is 0 Å². The maximum Gasteiger partial charge on any atom is -0.00369 e. The Hall–Kier alpha value is -0.340. The lowest BCUT2D eigenvalue weighted by molar-refractivity contribution is 0.631. The van der Waals surface area contributed by atoms with Crippen molar-refractivity contribution in [2.45, 2.75) is 19.3 Å². The molecule has 60 valence electrons. The van der Waals surface area contributed by atoms with Crippen LogP contribution in [0.1, 0.15) is 19.3 Å². The Kier molecular flexibility index (Phi) is 8.37. The Labute approximate surface area is 63.5 Å². The highest BCUT2D eigenvalue weighted by Crippen LogP contribution is 1.85. The van der Waals surface area contributed by atoms with Crippen LogP contribution in [0.25, 0.3) is 0 Å². The van der Waals surface area contributed by atoms with E-state index in [-0.39, 0.29) is 0 Å². The van der Waals surface area contributed by atoms with Gasteiger partial charge >= 0.3 is 0 Å². The van der Waals surface area contributed by atoms with Gasteiger partial charge in [0.2, 0.25) is 0 Å². The third kappa shape index (κ3) is 7.66. The Morgan fingerprint density at radius 1 is 1.30 bits per heavy atom. The van der Waals surface area contributed by atoms with Gasteiger partial charge < -0.3 is 11.1 Å². The Bertz CT molecular complexity index is 71.7. The molecule has 0 aliphatic rings. The minimum atomic E-state index is 0.786. The van der Waals surface area contributed by atoms with Gasteiger partial charge in [-0.1, -0.05) is 6.08 Å². The van der Waals surface area contributed by atoms with Crippen molar-refractivity contribution in [1.29, 1.82) is 0 Å². The van der Waals surface area contributed by atoms with Gasteiger partial charge in [-0.15, -0.1) is 6.58 Å². The third-order valence-electron chi connectivity index (χ3n) is 1.32. The fourth-order valence-electron chi connectivity index (χ4n) is 0.723. The van der Waals surface area contributed by atoms with E-state index < -0.39 is 0 Å². The number of unbranched alkanes of at least 4 members (excludes halogenated alkanes) is 1. The zero-order chi connectivity index (χ0) is 7.66. The molecule has 0 saturated heterocycles. The van der Waals surface area contributed by atoms with E-state index in [4.69, 9.17) is 5.73 Å². The van der Waals surface area contributed by atoms with Crippen molar-refractivity contribution in [1.82, 2.24) is 5.32 Å². The summed E-state index contributed by atoms with van der Waals surface area (Å²) in [7, 11) is 0. The van der Waals surface area contributed by atoms with Crippen LogP contribution < -0.4 is 11.1 Å². The van der Waals surface area contributed by atoms with E-state index in [1.165, 1.54) is 6.42 Å². The summed E-state index contributed by atoms with van der Waals surface area (Å²) < 4.78 is 0. The van der Waals surface area contributed by atoms with E-state index in [9.17, 15) is 0 Å². The van der Waals surface area contributed by atoms with Crippen molar-refractivity contribution < 1.29 is 0 Å². The van der Waals surface area contributed by atoms with E-state index in [1.54, 1.807) is 0 Å². The van der Waals surface area contributed by atoms with Gasteiger partial charge in [0.15, 0.2) is 0 Å². The van der Waals surface area contributed by atoms with Gasteiger partial charge in [0, 0.05) is 0 Å². The molecule has 2 heteroatoms. The second-order valence-corrected chi connectivity index (χ2v) is 2.32. The van der Waals surface area contributed by atoms with Gasteiger partial charge in [-0.3, -0.25) is 0 Å². The predicted molar refractivity (Wildman–Crippen MR) is 46.0 cm³/mol. The fourth-order valence-corrected chi connectivity index (χ4v) is 0.723. The van der Waals surface area contributed by atoms with Gasteiger partial charge in [0.1, 0.15) is 0 Å². The van der Waals surface area contributed by atoms with Crippen LogP contribution in [0.2, 0.25) is 0 Å². The van der Waals surface area contributed by atoms with Crippen LogP contribution in [0.5, 0.6) is 0 Å². The first kappa shape index (κ1) is 9.66. The van der Waals surface area contributed by atoms with E-state index in [1.807, 2.05) is 6.08 Å². The largest absolute Gasteiger partial charge is 0.330 e. The standard InChI is InChI=1S/C8H18N2/c1-2-3-4-7-10-8-5-6-9/h2,10H,1,3-9H2. The molecule has 0 heterocycles. The molecule has 0 saturated carbocycles. The summed E-state index contributed by atoms with van der Waals surface area (Å²) in [6, 6.07) is 0. The molecule has 0 rings (SSSR count). The molecular formula is C8H18N2. The number of rotatable bonds is 7. The van der Waals surface area contributed by atoms with Crippen molar-refractivity contribution in [3.63, 3.8) is 0 Å². The Balaban J connectivity index is 2.70. The topological polar surface area (TPSA) is 38.0 Å². The minimum absolute atomic E-state index is 0.786. The van der Waals surface area contributed by atoms with Crippen molar-refractivity contribution in [3.8, 4) is 0 Å². The number of allylic oxidation sites excluding steroid dienone is 1. The average molecular weight is 142 g/mol. The first-order chi connectivity index (χ1) is 4.91. The van der Waals surface area contributed by atoms with Crippen LogP contribution in [0.3, 0.4) is 0 Å². The summed E-state index contributed by atoms with van der Waals surface area (Å²) >= 11 is 0. The van der Waals surface area contributed by atoms with E-state index in [2.05, 4.69) is 11.9 Å². The SMILES string of the molecule is C=CCCCNCCCN. The van der Waals surface area contributed by atoms with Crippen LogP contribution in [0.4, 0.5) is 0 Å². The second kappa shape index (κ2) is 8.66. The zero-order valence-corrected chi connectivity index (χ0v) is 6.60. The molecule has 0 atom stereocenters. The quantitative estimate of drug-likeness (QED) is 0.409. The highest BCUT2D eigenvalue weighted by Gasteiger charge is 1.84. The molecule has 0 fully saturated rings. The smallest absolute Gasteiger partial charge is 0.00369 e. The van der Waals surface area contributed by atoms with Crippen LogP contribution in [0.15, 0.2) is 12.7 Å². The van der Waals surface area contributed by atoms with Gasteiger partial charge in [-0.2, -0.15) is 0 Å². The fraction of sp³-hybridized carbons (Fsp3) is 0.750. The Morgan fingerprint density at radius 3 is 2.60 bits per heavy atom. The van der Waals surface area contributed by atoms with Crippen molar-refractivity contribution >= 4 is 0 Å². The first-order valence-electron chi connectivity index (χ1n) is 3.93. The molecular weight excluding hydrogens is 124 g/mol. The second-order valence-electron chi connectivity index (χ2n) is 2.32. The predicted octanol–water partition coefficient (Wildman–Crippen LogP) is 0.891. The van der Waals surface area contributed by atoms with Gasteiger partial charge in [-0.05, 0) is 38.9 Å². The molecule has 0 aliphatic heterocycles. The molecule has 0 spiro atoms. The number of hydrogen-bond acceptors (Lipinski definition) is 2. The molecule has 0 bridgehead atoms. The van der Waals surface area contributed by atoms with Crippen LogP contribution in [-0.2, 0) is 0 Å². The van der Waals surface area contributed by atoms with Gasteiger partial charge in [0.25, 0.3) is 0 Å². The molecule has 0 aliphatic carbocycles. The lowest BCUT2D eigenvalue weighted by Gasteiger charge is -2.00. The minimum Gasteiger partial charge on any atom is -0.330 e. The van der Waals surface area contributed by atoms with Crippen LogP contribution in [-0.4, -0.2) is 19.6 Å². The number of nitrogens with two attached hydrogens (primary N) is 1. The molecule has 2 nitrogen and oxygen atoms in total. The maximum absolute atomic E-state index is 5.31. The highest BCUT2D eigenvalue weighted by molar-refractivity contribution is 4.66. The molecule has 0 aromatic rings. The van der Waals surface area contributed by atoms with Crippen LogP contribution in [0, 0.1) is 0 Å². The Morgan fingerprint density at radius 2 is 2.00 bits per heavy atom. The maximum atomic E-state index is 5.31. The molecule has 0 aromatic heterocycles. The number of nitrogens with one attached hydrogen (secondary N) is 1. The van der Waals surface area contributed by atoms with E-state index in [0.29, 0.717) is 0 Å². The molecule has 3 N–H and O–H groups in total. The summed E-state index contributed by atoms with van der Waals surface area (Å²) in [5.74, 6) is 0. The summed E-state index contributed by atoms with van der Waals surface area (Å²) in [6.07, 6.45) is 5.32. The summed E-state index contributed by atoms with van der Waals surface area (Å²) in [5.41, 5.74) is 5.31. The van der Waals surface area contributed by atoms with Crippen LogP contribution >= 0.6 is 0 Å². The molecule has 0 amide bonds. The molecule has 0 radical (unpaired) electrons. The van der Waals surface area contributed by atoms with Crippen molar-refractivity contribution in [3.05, 3.63) is 12.7 Å². The number of hydrogen-bond donors (Lipinski definition) is 2. The van der Waals surface area contributed by atoms with E-state index in [0.717, 1.165) is 32.5 Å². The monoisotopic (exact) mass is 142 g/mol. The summed E-state index contributed by atoms with van der Waals surface area (Å²) in [5, 5.41) is 3.29. The normalized spacial score (nSPS) is 9.70. The van der Waals surface area contributed by atoms with Crippen molar-refractivity contribution in [2.75, 3.05) is 19.6 Å². The summed E-state index contributed by atoms with van der Waals surface area (Å²) in [4.78, 5) is 0.